The van der Waals surface area contributed by atoms with Gasteiger partial charge in [-0.15, -0.1) is 0 Å². The monoisotopic (exact) mass is 445 g/mol. The number of aryl methyl sites for hydroxylation is 2. The molecule has 166 valence electrons. The molecule has 8 heteroatoms. The Bertz CT molecular complexity index is 1060. The van der Waals surface area contributed by atoms with Crippen LogP contribution in [0.15, 0.2) is 47.4 Å². The van der Waals surface area contributed by atoms with Gasteiger partial charge in [-0.05, 0) is 51.5 Å². The normalized spacial score (nSPS) is 18.5. The molecule has 0 spiro atoms. The molecule has 2 atom stereocenters. The van der Waals surface area contributed by atoms with E-state index in [1.165, 1.54) is 12.1 Å². The summed E-state index contributed by atoms with van der Waals surface area (Å²) in [5.74, 6) is -1.22. The summed E-state index contributed by atoms with van der Waals surface area (Å²) in [7, 11) is -3.87. The molecule has 0 saturated carbocycles. The lowest BCUT2D eigenvalue weighted by Crippen LogP contribution is -2.28. The van der Waals surface area contributed by atoms with Crippen LogP contribution in [0.1, 0.15) is 41.3 Å². The number of carbonyl (C=O) groups excluding carboxylic acids is 2. The van der Waals surface area contributed by atoms with Gasteiger partial charge in [-0.1, -0.05) is 29.3 Å². The van der Waals surface area contributed by atoms with Gasteiger partial charge in [0.15, 0.2) is 5.78 Å². The van der Waals surface area contributed by atoms with Gasteiger partial charge in [-0.25, -0.2) is 8.42 Å². The number of hydrogen-bond donors (Lipinski definition) is 1. The minimum atomic E-state index is -3.87. The van der Waals surface area contributed by atoms with E-state index < -0.39 is 28.0 Å². The van der Waals surface area contributed by atoms with Crippen LogP contribution < -0.4 is 4.72 Å². The van der Waals surface area contributed by atoms with Crippen molar-refractivity contribution < 1.29 is 27.5 Å². The molecule has 2 aromatic rings. The number of ether oxygens (including phenoxy) is 2. The molecule has 0 radical (unpaired) electrons. The molecule has 1 saturated heterocycles. The molecule has 1 N–H and O–H groups in total. The molecule has 2 aromatic carbocycles. The van der Waals surface area contributed by atoms with Crippen LogP contribution in [0.3, 0.4) is 0 Å². The van der Waals surface area contributed by atoms with Crippen molar-refractivity contribution in [2.75, 3.05) is 17.9 Å². The number of nitrogens with one attached hydrogen (secondary N) is 1. The van der Waals surface area contributed by atoms with Crippen molar-refractivity contribution in [2.45, 2.75) is 44.6 Å². The zero-order valence-electron chi connectivity index (χ0n) is 17.9. The zero-order chi connectivity index (χ0) is 22.6. The number of Topliss-reactive ketones (excluding diaryl/α,β-unsaturated/α-hetero) is 1. The third-order valence-electron chi connectivity index (χ3n) is 5.24. The summed E-state index contributed by atoms with van der Waals surface area (Å²) in [6.45, 7) is 6.03. The fourth-order valence-corrected chi connectivity index (χ4v) is 4.69. The number of hydrogen-bond acceptors (Lipinski definition) is 6. The molecule has 1 aliphatic rings. The number of benzene rings is 2. The standard InChI is InChI=1S/C23H27NO6S/c1-4-29-22(25)14-21-18(11-12-30-21)23(26)19-13-16(3)7-10-20(19)24-31(27,28)17-8-5-15(2)6-9-17/h5-10,13,18,21,24H,4,11-12,14H2,1-3H3/t18-,21+/m1/s1. The number of esters is 1. The lowest BCUT2D eigenvalue weighted by Gasteiger charge is -2.19. The minimum absolute atomic E-state index is 0.0134. The van der Waals surface area contributed by atoms with E-state index in [9.17, 15) is 18.0 Å². The quantitative estimate of drug-likeness (QED) is 0.492. The summed E-state index contributed by atoms with van der Waals surface area (Å²) in [5, 5.41) is 0. The van der Waals surface area contributed by atoms with Crippen molar-refractivity contribution in [1.82, 2.24) is 0 Å². The Morgan fingerprint density at radius 2 is 1.77 bits per heavy atom. The second-order valence-electron chi connectivity index (χ2n) is 7.65. The van der Waals surface area contributed by atoms with Gasteiger partial charge in [-0.3, -0.25) is 14.3 Å². The summed E-state index contributed by atoms with van der Waals surface area (Å²) in [6.07, 6.45) is -0.143. The molecule has 0 aromatic heterocycles. The first kappa shape index (κ1) is 23.0. The maximum absolute atomic E-state index is 13.4. The number of carbonyl (C=O) groups is 2. The van der Waals surface area contributed by atoms with Gasteiger partial charge in [0.05, 0.1) is 35.6 Å². The lowest BCUT2D eigenvalue weighted by molar-refractivity contribution is -0.145. The van der Waals surface area contributed by atoms with Crippen molar-refractivity contribution in [3.05, 3.63) is 59.2 Å². The topological polar surface area (TPSA) is 98.8 Å². The molecule has 31 heavy (non-hydrogen) atoms. The Morgan fingerprint density at radius 1 is 1.10 bits per heavy atom. The van der Waals surface area contributed by atoms with Crippen LogP contribution in [0.25, 0.3) is 0 Å². The minimum Gasteiger partial charge on any atom is -0.466 e. The van der Waals surface area contributed by atoms with Crippen LogP contribution in [0.2, 0.25) is 0 Å². The van der Waals surface area contributed by atoms with Gasteiger partial charge in [0.2, 0.25) is 0 Å². The largest absolute Gasteiger partial charge is 0.466 e. The predicted octanol–water partition coefficient (Wildman–Crippen LogP) is 3.65. The van der Waals surface area contributed by atoms with Crippen LogP contribution in [0.5, 0.6) is 0 Å². The molecule has 1 heterocycles. The van der Waals surface area contributed by atoms with E-state index in [1.54, 1.807) is 37.3 Å². The number of rotatable bonds is 8. The Balaban J connectivity index is 1.88. The molecule has 7 nitrogen and oxygen atoms in total. The van der Waals surface area contributed by atoms with E-state index in [4.69, 9.17) is 9.47 Å². The highest BCUT2D eigenvalue weighted by molar-refractivity contribution is 7.92. The van der Waals surface area contributed by atoms with Gasteiger partial charge < -0.3 is 9.47 Å². The van der Waals surface area contributed by atoms with Crippen molar-refractivity contribution in [2.24, 2.45) is 5.92 Å². The van der Waals surface area contributed by atoms with Crippen molar-refractivity contribution in [3.8, 4) is 0 Å². The van der Waals surface area contributed by atoms with Gasteiger partial charge >= 0.3 is 5.97 Å². The molecular formula is C23H27NO6S. The van der Waals surface area contributed by atoms with Crippen molar-refractivity contribution >= 4 is 27.5 Å². The molecule has 0 amide bonds. The lowest BCUT2D eigenvalue weighted by atomic mass is 9.89. The Kier molecular flexibility index (Phi) is 7.12. The first-order chi connectivity index (χ1) is 14.7. The van der Waals surface area contributed by atoms with E-state index in [1.807, 2.05) is 13.8 Å². The molecular weight excluding hydrogens is 418 g/mol. The van der Waals surface area contributed by atoms with Crippen LogP contribution in [0.4, 0.5) is 5.69 Å². The second kappa shape index (κ2) is 9.62. The van der Waals surface area contributed by atoms with Gasteiger partial charge in [0.1, 0.15) is 0 Å². The molecule has 0 bridgehead atoms. The van der Waals surface area contributed by atoms with E-state index in [0.29, 0.717) is 13.0 Å². The SMILES string of the molecule is CCOC(=O)C[C@@H]1OCC[C@H]1C(=O)c1cc(C)ccc1NS(=O)(=O)c1ccc(C)cc1. The number of sulfonamides is 1. The third-order valence-corrected chi connectivity index (χ3v) is 6.62. The fraction of sp³-hybridized carbons (Fsp3) is 0.391. The Labute approximate surface area is 182 Å². The Hall–Kier alpha value is -2.71. The molecule has 1 fully saturated rings. The van der Waals surface area contributed by atoms with Gasteiger partial charge in [0.25, 0.3) is 10.0 Å². The number of ketones is 1. The summed E-state index contributed by atoms with van der Waals surface area (Å²) < 4.78 is 38.9. The maximum Gasteiger partial charge on any atom is 0.308 e. The molecule has 3 rings (SSSR count). The predicted molar refractivity (Wildman–Crippen MR) is 117 cm³/mol. The molecule has 1 aliphatic heterocycles. The summed E-state index contributed by atoms with van der Waals surface area (Å²) >= 11 is 0. The van der Waals surface area contributed by atoms with Crippen molar-refractivity contribution in [1.29, 1.82) is 0 Å². The third kappa shape index (κ3) is 5.51. The summed E-state index contributed by atoms with van der Waals surface area (Å²) in [6, 6.07) is 11.5. The van der Waals surface area contributed by atoms with Crippen LogP contribution in [-0.4, -0.2) is 39.5 Å². The smallest absolute Gasteiger partial charge is 0.308 e. The average Bonchev–Trinajstić information content (AvgIpc) is 3.17. The summed E-state index contributed by atoms with van der Waals surface area (Å²) in [5.41, 5.74) is 2.24. The van der Waals surface area contributed by atoms with Crippen molar-refractivity contribution in [3.63, 3.8) is 0 Å². The van der Waals surface area contributed by atoms with Gasteiger partial charge in [-0.2, -0.15) is 0 Å². The highest BCUT2D eigenvalue weighted by Crippen LogP contribution is 2.31. The number of anilines is 1. The van der Waals surface area contributed by atoms with E-state index in [-0.39, 0.29) is 35.0 Å². The van der Waals surface area contributed by atoms with Crippen LogP contribution in [0, 0.1) is 19.8 Å². The average molecular weight is 446 g/mol. The first-order valence-corrected chi connectivity index (χ1v) is 11.7. The highest BCUT2D eigenvalue weighted by Gasteiger charge is 2.37. The Morgan fingerprint density at radius 3 is 2.45 bits per heavy atom. The van der Waals surface area contributed by atoms with E-state index in [2.05, 4.69) is 4.72 Å². The van der Waals surface area contributed by atoms with E-state index >= 15 is 0 Å². The van der Waals surface area contributed by atoms with E-state index in [0.717, 1.165) is 11.1 Å². The molecule has 0 aliphatic carbocycles. The fourth-order valence-electron chi connectivity index (χ4n) is 3.61. The second-order valence-corrected chi connectivity index (χ2v) is 9.33. The zero-order valence-corrected chi connectivity index (χ0v) is 18.7. The summed E-state index contributed by atoms with van der Waals surface area (Å²) in [4.78, 5) is 25.4. The first-order valence-electron chi connectivity index (χ1n) is 10.2. The maximum atomic E-state index is 13.4. The van der Waals surface area contributed by atoms with Crippen LogP contribution >= 0.6 is 0 Å². The molecule has 0 unspecified atom stereocenters. The van der Waals surface area contributed by atoms with Gasteiger partial charge in [0, 0.05) is 12.2 Å². The highest BCUT2D eigenvalue weighted by atomic mass is 32.2. The van der Waals surface area contributed by atoms with Crippen LogP contribution in [-0.2, 0) is 24.3 Å².